The minimum atomic E-state index is -0.965. The monoisotopic (exact) mass is 1030 g/mol. The summed E-state index contributed by atoms with van der Waals surface area (Å²) in [6, 6.07) is 32.2. The molecule has 7 rings (SSSR count). The molecular weight excluding hydrogens is 971 g/mol. The first-order valence-corrected chi connectivity index (χ1v) is 25.0. The topological polar surface area (TPSA) is 190 Å². The second kappa shape index (κ2) is 25.8. The molecule has 6 aromatic rings. The van der Waals surface area contributed by atoms with E-state index in [1.54, 1.807) is 50.2 Å². The number of carbonyl (C=O) groups excluding carboxylic acids is 4. The van der Waals surface area contributed by atoms with Crippen LogP contribution in [0.5, 0.6) is 0 Å². The Kier molecular flexibility index (Phi) is 18.9. The third kappa shape index (κ3) is 13.1. The highest BCUT2D eigenvalue weighted by molar-refractivity contribution is 6.31. The number of esters is 3. The lowest BCUT2D eigenvalue weighted by molar-refractivity contribution is -0.145. The van der Waals surface area contributed by atoms with Crippen LogP contribution in [0.4, 0.5) is 10.1 Å². The summed E-state index contributed by atoms with van der Waals surface area (Å²) in [5.41, 5.74) is 6.39. The number of nitrogens with zero attached hydrogens (tertiary/aromatic N) is 1. The van der Waals surface area contributed by atoms with E-state index in [0.29, 0.717) is 46.9 Å². The minimum absolute atomic E-state index is 0.00906. The van der Waals surface area contributed by atoms with Crippen molar-refractivity contribution in [3.05, 3.63) is 182 Å². The van der Waals surface area contributed by atoms with E-state index >= 15 is 0 Å². The van der Waals surface area contributed by atoms with Gasteiger partial charge in [0, 0.05) is 47.2 Å². The molecule has 388 valence electrons. The predicted molar refractivity (Wildman–Crippen MR) is 277 cm³/mol. The molecule has 1 atom stereocenters. The largest absolute Gasteiger partial charge is 0.519 e. The number of para-hydroxylation sites is 1. The van der Waals surface area contributed by atoms with Crippen LogP contribution in [0.3, 0.4) is 0 Å². The van der Waals surface area contributed by atoms with Crippen LogP contribution < -0.4 is 21.8 Å². The van der Waals surface area contributed by atoms with E-state index < -0.39 is 29.6 Å². The van der Waals surface area contributed by atoms with Gasteiger partial charge in [0.2, 0.25) is 5.88 Å². The molecule has 3 N–H and O–H groups in total. The molecule has 3 heterocycles. The van der Waals surface area contributed by atoms with Gasteiger partial charge in [0.15, 0.2) is 18.1 Å². The van der Waals surface area contributed by atoms with Gasteiger partial charge in [-0.25, -0.2) is 18.8 Å². The fourth-order valence-electron chi connectivity index (χ4n) is 9.06. The molecule has 2 aromatic heterocycles. The molecule has 1 aliphatic heterocycles. The normalized spacial score (nSPS) is 13.4. The van der Waals surface area contributed by atoms with Gasteiger partial charge in [0.25, 0.3) is 5.91 Å². The van der Waals surface area contributed by atoms with Crippen LogP contribution >= 0.6 is 11.6 Å². The number of hydrogen-bond donors (Lipinski definition) is 3. The molecule has 15 nitrogen and oxygen atoms in total. The maximum absolute atomic E-state index is 14.4. The van der Waals surface area contributed by atoms with Gasteiger partial charge in [-0.15, -0.1) is 0 Å². The zero-order chi connectivity index (χ0) is 52.7. The Hall–Kier alpha value is -7.69. The molecule has 0 spiro atoms. The molecule has 0 saturated carbocycles. The van der Waals surface area contributed by atoms with Crippen LogP contribution in [0.15, 0.2) is 146 Å². The number of rotatable bonds is 24. The molecule has 0 fully saturated rings. The number of amides is 1. The van der Waals surface area contributed by atoms with E-state index in [1.165, 1.54) is 19.2 Å². The van der Waals surface area contributed by atoms with Gasteiger partial charge >= 0.3 is 23.7 Å². The second-order valence-electron chi connectivity index (χ2n) is 17.7. The number of aromatic nitrogens is 1. The third-order valence-electron chi connectivity index (χ3n) is 12.3. The summed E-state index contributed by atoms with van der Waals surface area (Å²) in [6.45, 7) is 7.96. The number of carbonyl (C=O) groups is 4. The fourth-order valence-corrected chi connectivity index (χ4v) is 9.30. The summed E-state index contributed by atoms with van der Waals surface area (Å²) in [4.78, 5) is 66.1. The average Bonchev–Trinajstić information content (AvgIpc) is 3.93. The molecule has 1 aliphatic rings. The Labute approximate surface area is 433 Å². The fraction of sp³-hybridized carbons (Fsp3) is 0.316. The van der Waals surface area contributed by atoms with Crippen molar-refractivity contribution in [3.63, 3.8) is 0 Å². The van der Waals surface area contributed by atoms with Crippen LogP contribution in [-0.2, 0) is 53.0 Å². The van der Waals surface area contributed by atoms with Crippen LogP contribution in [0, 0.1) is 5.82 Å². The standard InChI is InChI=1S/C57H60ClFN4O11/c1-6-70-56(67)50-48(41-23-16-17-24-42(41)58)46(55(66)69-5)36(4)61-54(50)71-32-30-60-33-43-44(74-57(68)73-43)34-72-45(64)25-15-7-8-18-31-63-51(35(2)3)49(53(65)62-40-21-13-10-14-22-40)47(37-19-11-9-12-20-37)52(63)38-26-28-39(59)29-27-38/h9-14,16-17,19-24,26-29,35,48,60-61H,6-8,15,18,25,30-34H2,1-5H3,(H,62,65). The molecule has 17 heteroatoms. The van der Waals surface area contributed by atoms with Crippen molar-refractivity contribution >= 4 is 41.1 Å². The number of allylic oxidation sites excluding steroid dienone is 1. The van der Waals surface area contributed by atoms with Crippen LogP contribution in [0.1, 0.15) is 105 Å². The zero-order valence-electron chi connectivity index (χ0n) is 42.0. The Morgan fingerprint density at radius 3 is 2.18 bits per heavy atom. The molecule has 0 saturated heterocycles. The number of nitrogens with one attached hydrogen (secondary N) is 3. The lowest BCUT2D eigenvalue weighted by Gasteiger charge is -2.31. The summed E-state index contributed by atoms with van der Waals surface area (Å²) in [5.74, 6) is -4.19. The van der Waals surface area contributed by atoms with Gasteiger partial charge in [0.05, 0.1) is 43.0 Å². The summed E-state index contributed by atoms with van der Waals surface area (Å²) >= 11 is 6.60. The average molecular weight is 1030 g/mol. The molecule has 1 amide bonds. The van der Waals surface area contributed by atoms with Gasteiger partial charge < -0.3 is 48.3 Å². The van der Waals surface area contributed by atoms with E-state index in [4.69, 9.17) is 39.4 Å². The Morgan fingerprint density at radius 1 is 0.811 bits per heavy atom. The van der Waals surface area contributed by atoms with E-state index in [9.17, 15) is 28.4 Å². The van der Waals surface area contributed by atoms with Crippen molar-refractivity contribution in [1.29, 1.82) is 0 Å². The van der Waals surface area contributed by atoms with Crippen molar-refractivity contribution < 1.29 is 51.4 Å². The number of anilines is 1. The minimum Gasteiger partial charge on any atom is -0.477 e. The predicted octanol–water partition coefficient (Wildman–Crippen LogP) is 10.9. The third-order valence-corrected chi connectivity index (χ3v) is 12.7. The van der Waals surface area contributed by atoms with E-state index in [1.807, 2.05) is 60.7 Å². The lowest BCUT2D eigenvalue weighted by Crippen LogP contribution is -2.35. The smallest absolute Gasteiger partial charge is 0.477 e. The number of benzene rings is 4. The van der Waals surface area contributed by atoms with E-state index in [-0.39, 0.29) is 85.5 Å². The number of dihydropyridines is 1. The summed E-state index contributed by atoms with van der Waals surface area (Å²) < 4.78 is 49.0. The molecule has 4 aromatic carbocycles. The summed E-state index contributed by atoms with van der Waals surface area (Å²) in [7, 11) is 1.25. The highest BCUT2D eigenvalue weighted by atomic mass is 35.5. The number of methoxy groups -OCH3 is 1. The molecule has 0 aliphatic carbocycles. The Bertz CT molecular complexity index is 3050. The van der Waals surface area contributed by atoms with Crippen molar-refractivity contribution in [2.24, 2.45) is 0 Å². The first kappa shape index (κ1) is 54.1. The maximum atomic E-state index is 14.4. The molecular formula is C57H60ClFN4O11. The van der Waals surface area contributed by atoms with Crippen LogP contribution in [0.25, 0.3) is 22.4 Å². The highest BCUT2D eigenvalue weighted by Crippen LogP contribution is 2.44. The molecule has 0 bridgehead atoms. The number of halogens is 2. The van der Waals surface area contributed by atoms with E-state index in [0.717, 1.165) is 40.9 Å². The second-order valence-corrected chi connectivity index (χ2v) is 18.1. The highest BCUT2D eigenvalue weighted by Gasteiger charge is 2.41. The van der Waals surface area contributed by atoms with Gasteiger partial charge in [-0.1, -0.05) is 105 Å². The molecule has 0 radical (unpaired) electrons. The van der Waals surface area contributed by atoms with Gasteiger partial charge in [0.1, 0.15) is 18.0 Å². The van der Waals surface area contributed by atoms with Gasteiger partial charge in [-0.2, -0.15) is 0 Å². The number of unbranched alkanes of at least 4 members (excludes halogenated alkanes) is 3. The number of hydrogen-bond acceptors (Lipinski definition) is 13. The van der Waals surface area contributed by atoms with Gasteiger partial charge in [-0.3, -0.25) is 9.59 Å². The van der Waals surface area contributed by atoms with E-state index in [2.05, 4.69) is 34.4 Å². The molecule has 1 unspecified atom stereocenters. The summed E-state index contributed by atoms with van der Waals surface area (Å²) in [6.07, 6.45) is 2.86. The van der Waals surface area contributed by atoms with Gasteiger partial charge in [-0.05, 0) is 91.8 Å². The van der Waals surface area contributed by atoms with Crippen molar-refractivity contribution in [2.45, 2.75) is 91.3 Å². The van der Waals surface area contributed by atoms with Crippen molar-refractivity contribution in [1.82, 2.24) is 15.2 Å². The first-order valence-electron chi connectivity index (χ1n) is 24.6. The van der Waals surface area contributed by atoms with Crippen molar-refractivity contribution in [2.75, 3.05) is 32.2 Å². The Balaban J connectivity index is 0.946. The first-order chi connectivity index (χ1) is 35.8. The molecule has 74 heavy (non-hydrogen) atoms. The zero-order valence-corrected chi connectivity index (χ0v) is 42.8. The maximum Gasteiger partial charge on any atom is 0.519 e. The van der Waals surface area contributed by atoms with Crippen molar-refractivity contribution in [3.8, 4) is 22.4 Å². The van der Waals surface area contributed by atoms with Crippen LogP contribution in [-0.4, -0.2) is 55.3 Å². The number of ether oxygens (including phenoxy) is 4. The Morgan fingerprint density at radius 2 is 1.49 bits per heavy atom. The SMILES string of the molecule is CCOC(=O)C1=C(OCCNCc2oc(=O)oc2COC(=O)CCCCCCn2c(-c3ccc(F)cc3)c(-c3ccccc3)c(C(=O)Nc3ccccc3)c2C(C)C)NC(C)=C(C(=O)OC)C1c1ccccc1Cl. The quantitative estimate of drug-likeness (QED) is 0.0295. The summed E-state index contributed by atoms with van der Waals surface area (Å²) in [5, 5.41) is 9.55. The van der Waals surface area contributed by atoms with Crippen LogP contribution in [0.2, 0.25) is 5.02 Å². The lowest BCUT2D eigenvalue weighted by atomic mass is 9.81.